The van der Waals surface area contributed by atoms with Crippen molar-refractivity contribution in [1.29, 1.82) is 0 Å². The molecule has 1 aliphatic heterocycles. The van der Waals surface area contributed by atoms with Gasteiger partial charge in [0.2, 0.25) is 0 Å². The predicted octanol–water partition coefficient (Wildman–Crippen LogP) is 0.0425. The van der Waals surface area contributed by atoms with Crippen molar-refractivity contribution in [1.82, 2.24) is 4.90 Å². The first-order valence-corrected chi connectivity index (χ1v) is 5.47. The maximum absolute atomic E-state index is 8.58. The monoisotopic (exact) mass is 191 g/mol. The molecule has 12 heavy (non-hydrogen) atoms. The second-order valence-electron chi connectivity index (χ2n) is 3.05. The number of aliphatic hydroxyl groups is 1. The lowest BCUT2D eigenvalue weighted by molar-refractivity contribution is -0.00599. The quantitative estimate of drug-likeness (QED) is 0.636. The standard InChI is InChI=1S/C8H17NO2S/c1-9-2-4-11-8(6-9)7-12-5-3-10/h8,10H,2-7H2,1H3. The Morgan fingerprint density at radius 3 is 3.17 bits per heavy atom. The number of thioether (sulfide) groups is 1. The van der Waals surface area contributed by atoms with Crippen molar-refractivity contribution in [3.05, 3.63) is 0 Å². The third kappa shape index (κ3) is 3.76. The largest absolute Gasteiger partial charge is 0.396 e. The Bertz CT molecular complexity index is 124. The fraction of sp³-hybridized carbons (Fsp3) is 1.00. The Kier molecular flexibility index (Phi) is 4.99. The number of nitrogens with zero attached hydrogens (tertiary/aromatic N) is 1. The van der Waals surface area contributed by atoms with E-state index in [1.165, 1.54) is 0 Å². The number of ether oxygens (including phenoxy) is 1. The van der Waals surface area contributed by atoms with Gasteiger partial charge >= 0.3 is 0 Å². The highest BCUT2D eigenvalue weighted by molar-refractivity contribution is 7.99. The molecule has 1 saturated heterocycles. The molecule has 1 heterocycles. The third-order valence-corrected chi connectivity index (χ3v) is 2.96. The van der Waals surface area contributed by atoms with Crippen molar-refractivity contribution in [3.63, 3.8) is 0 Å². The Morgan fingerprint density at radius 2 is 2.50 bits per heavy atom. The van der Waals surface area contributed by atoms with Crippen molar-refractivity contribution in [2.24, 2.45) is 0 Å². The van der Waals surface area contributed by atoms with Crippen molar-refractivity contribution in [3.8, 4) is 0 Å². The predicted molar refractivity (Wildman–Crippen MR) is 51.6 cm³/mol. The van der Waals surface area contributed by atoms with Crippen LogP contribution in [0.15, 0.2) is 0 Å². The van der Waals surface area contributed by atoms with E-state index in [-0.39, 0.29) is 6.61 Å². The zero-order chi connectivity index (χ0) is 8.81. The summed E-state index contributed by atoms with van der Waals surface area (Å²) in [4.78, 5) is 2.29. The van der Waals surface area contributed by atoms with Crippen LogP contribution in [0, 0.1) is 0 Å². The van der Waals surface area contributed by atoms with Gasteiger partial charge in [0.1, 0.15) is 0 Å². The number of hydrogen-bond acceptors (Lipinski definition) is 4. The van der Waals surface area contributed by atoms with E-state index in [1.54, 1.807) is 11.8 Å². The van der Waals surface area contributed by atoms with Gasteiger partial charge in [-0.3, -0.25) is 0 Å². The normalized spacial score (nSPS) is 26.0. The van der Waals surface area contributed by atoms with Crippen molar-refractivity contribution >= 4 is 11.8 Å². The molecular weight excluding hydrogens is 174 g/mol. The van der Waals surface area contributed by atoms with Gasteiger partial charge in [-0.1, -0.05) is 0 Å². The maximum atomic E-state index is 8.58. The summed E-state index contributed by atoms with van der Waals surface area (Å²) in [6, 6.07) is 0. The fourth-order valence-corrected chi connectivity index (χ4v) is 2.01. The second-order valence-corrected chi connectivity index (χ2v) is 4.20. The minimum Gasteiger partial charge on any atom is -0.396 e. The lowest BCUT2D eigenvalue weighted by Gasteiger charge is -2.29. The van der Waals surface area contributed by atoms with Crippen LogP contribution in [-0.2, 0) is 4.74 Å². The van der Waals surface area contributed by atoms with Crippen LogP contribution in [0.4, 0.5) is 0 Å². The summed E-state index contributed by atoms with van der Waals surface area (Å²) in [7, 11) is 2.12. The smallest absolute Gasteiger partial charge is 0.0792 e. The molecule has 0 aromatic heterocycles. The van der Waals surface area contributed by atoms with Gasteiger partial charge < -0.3 is 14.7 Å². The summed E-state index contributed by atoms with van der Waals surface area (Å²) in [6.45, 7) is 3.19. The Hall–Kier alpha value is 0.230. The Labute approximate surface area is 78.1 Å². The number of aliphatic hydroxyl groups excluding tert-OH is 1. The first-order chi connectivity index (χ1) is 5.83. The molecule has 1 aliphatic rings. The van der Waals surface area contributed by atoms with Gasteiger partial charge in [0, 0.05) is 24.6 Å². The van der Waals surface area contributed by atoms with Crippen LogP contribution in [0.3, 0.4) is 0 Å². The number of rotatable bonds is 4. The Morgan fingerprint density at radius 1 is 1.67 bits per heavy atom. The van der Waals surface area contributed by atoms with Gasteiger partial charge in [0.05, 0.1) is 19.3 Å². The zero-order valence-corrected chi connectivity index (χ0v) is 8.35. The molecule has 0 aliphatic carbocycles. The molecule has 1 atom stereocenters. The summed E-state index contributed by atoms with van der Waals surface area (Å²) in [5, 5.41) is 8.58. The van der Waals surface area contributed by atoms with E-state index in [2.05, 4.69) is 11.9 Å². The highest BCUT2D eigenvalue weighted by Gasteiger charge is 2.16. The number of morpholine rings is 1. The van der Waals surface area contributed by atoms with E-state index in [1.807, 2.05) is 0 Å². The molecule has 4 heteroatoms. The van der Waals surface area contributed by atoms with Crippen LogP contribution in [0.1, 0.15) is 0 Å². The molecule has 0 spiro atoms. The molecule has 1 fully saturated rings. The minimum absolute atomic E-state index is 0.271. The topological polar surface area (TPSA) is 32.7 Å². The summed E-state index contributed by atoms with van der Waals surface area (Å²) in [5.74, 6) is 1.83. The van der Waals surface area contributed by atoms with Crippen LogP contribution < -0.4 is 0 Å². The van der Waals surface area contributed by atoms with Crippen LogP contribution in [-0.4, -0.2) is 61.0 Å². The van der Waals surface area contributed by atoms with Crippen LogP contribution in [0.5, 0.6) is 0 Å². The van der Waals surface area contributed by atoms with Gasteiger partial charge in [0.25, 0.3) is 0 Å². The van der Waals surface area contributed by atoms with Crippen molar-refractivity contribution < 1.29 is 9.84 Å². The molecule has 1 N–H and O–H groups in total. The summed E-state index contributed by atoms with van der Waals surface area (Å²) in [5.41, 5.74) is 0. The maximum Gasteiger partial charge on any atom is 0.0792 e. The highest BCUT2D eigenvalue weighted by atomic mass is 32.2. The number of likely N-dealkylation sites (N-methyl/N-ethyl adjacent to an activating group) is 1. The summed E-state index contributed by atoms with van der Waals surface area (Å²) < 4.78 is 5.55. The average molecular weight is 191 g/mol. The van der Waals surface area contributed by atoms with Crippen molar-refractivity contribution in [2.45, 2.75) is 6.10 Å². The molecular formula is C8H17NO2S. The van der Waals surface area contributed by atoms with E-state index in [0.29, 0.717) is 6.10 Å². The summed E-state index contributed by atoms with van der Waals surface area (Å²) >= 11 is 1.76. The minimum atomic E-state index is 0.271. The highest BCUT2D eigenvalue weighted by Crippen LogP contribution is 2.09. The first kappa shape index (κ1) is 10.3. The molecule has 1 unspecified atom stereocenters. The molecule has 3 nitrogen and oxygen atoms in total. The molecule has 1 rings (SSSR count). The van der Waals surface area contributed by atoms with E-state index in [4.69, 9.17) is 9.84 Å². The Balaban J connectivity index is 2.06. The molecule has 0 bridgehead atoms. The molecule has 0 aromatic rings. The van der Waals surface area contributed by atoms with Gasteiger partial charge in [0.15, 0.2) is 0 Å². The first-order valence-electron chi connectivity index (χ1n) is 4.31. The van der Waals surface area contributed by atoms with E-state index < -0.39 is 0 Å². The summed E-state index contributed by atoms with van der Waals surface area (Å²) in [6.07, 6.45) is 0.361. The third-order valence-electron chi connectivity index (χ3n) is 1.88. The van der Waals surface area contributed by atoms with Crippen LogP contribution in [0.25, 0.3) is 0 Å². The zero-order valence-electron chi connectivity index (χ0n) is 7.53. The van der Waals surface area contributed by atoms with E-state index in [0.717, 1.165) is 31.2 Å². The SMILES string of the molecule is CN1CCOC(CSCCO)C1. The lowest BCUT2D eigenvalue weighted by Crippen LogP contribution is -2.41. The van der Waals surface area contributed by atoms with Gasteiger partial charge in [-0.25, -0.2) is 0 Å². The second kappa shape index (κ2) is 5.80. The van der Waals surface area contributed by atoms with Crippen molar-refractivity contribution in [2.75, 3.05) is 44.9 Å². The van der Waals surface area contributed by atoms with Gasteiger partial charge in [-0.2, -0.15) is 11.8 Å². The van der Waals surface area contributed by atoms with Crippen LogP contribution >= 0.6 is 11.8 Å². The van der Waals surface area contributed by atoms with E-state index >= 15 is 0 Å². The molecule has 0 radical (unpaired) electrons. The number of hydrogen-bond donors (Lipinski definition) is 1. The van der Waals surface area contributed by atoms with Crippen LogP contribution in [0.2, 0.25) is 0 Å². The molecule has 72 valence electrons. The molecule has 0 saturated carbocycles. The molecule has 0 amide bonds. The van der Waals surface area contributed by atoms with Gasteiger partial charge in [-0.05, 0) is 7.05 Å². The average Bonchev–Trinajstić information content (AvgIpc) is 2.05. The van der Waals surface area contributed by atoms with Gasteiger partial charge in [-0.15, -0.1) is 0 Å². The van der Waals surface area contributed by atoms with E-state index in [9.17, 15) is 0 Å². The molecule has 0 aromatic carbocycles. The fourth-order valence-electron chi connectivity index (χ4n) is 1.25. The lowest BCUT2D eigenvalue weighted by atomic mass is 10.3.